The van der Waals surface area contributed by atoms with Crippen LogP contribution in [0.4, 0.5) is 0 Å². The van der Waals surface area contributed by atoms with Gasteiger partial charge in [-0.05, 0) is 32.4 Å². The maximum Gasteiger partial charge on any atom is 0.219 e. The van der Waals surface area contributed by atoms with Crippen molar-refractivity contribution in [1.29, 1.82) is 0 Å². The smallest absolute Gasteiger partial charge is 0.219 e. The van der Waals surface area contributed by atoms with Crippen molar-refractivity contribution in [2.75, 3.05) is 19.6 Å². The van der Waals surface area contributed by atoms with E-state index in [0.29, 0.717) is 6.42 Å². The third kappa shape index (κ3) is 37.5. The van der Waals surface area contributed by atoms with Gasteiger partial charge in [0.1, 0.15) is 0 Å². The largest absolute Gasteiger partial charge is 0.356 e. The van der Waals surface area contributed by atoms with E-state index >= 15 is 0 Å². The molecule has 0 heterocycles. The zero-order valence-electron chi connectivity index (χ0n) is 29.4. The van der Waals surface area contributed by atoms with Gasteiger partial charge in [-0.25, -0.2) is 0 Å². The van der Waals surface area contributed by atoms with E-state index in [1.165, 1.54) is 193 Å². The number of amides is 1. The number of hydrogen-bond donors (Lipinski definition) is 2. The first-order chi connectivity index (χ1) is 20.8. The maximum atomic E-state index is 12.0. The first-order valence-corrected chi connectivity index (χ1v) is 19.8. The average Bonchev–Trinajstić information content (AvgIpc) is 3.00. The standard InChI is InChI=1S/C39H80N2O/c1-3-5-7-9-11-13-15-17-19-21-23-25-27-29-31-33-36-40-37-34-38-41-39(42)35-32-30-28-26-24-22-20-18-16-14-12-10-8-6-4-2/h40H,3-38H2,1-2H3,(H,41,42). The first kappa shape index (κ1) is 41.4. The third-order valence-electron chi connectivity index (χ3n) is 9.07. The predicted octanol–water partition coefficient (Wildman–Crippen LogP) is 12.6. The monoisotopic (exact) mass is 593 g/mol. The summed E-state index contributed by atoms with van der Waals surface area (Å²) in [5, 5.41) is 6.67. The average molecular weight is 593 g/mol. The Balaban J connectivity index is 3.13. The Bertz CT molecular complexity index is 495. The molecule has 3 heteroatoms. The number of carbonyl (C=O) groups is 1. The van der Waals surface area contributed by atoms with Crippen molar-refractivity contribution in [3.05, 3.63) is 0 Å². The highest BCUT2D eigenvalue weighted by molar-refractivity contribution is 5.75. The fourth-order valence-electron chi connectivity index (χ4n) is 6.11. The van der Waals surface area contributed by atoms with Gasteiger partial charge in [-0.3, -0.25) is 4.79 Å². The van der Waals surface area contributed by atoms with Gasteiger partial charge in [-0.15, -0.1) is 0 Å². The quantitative estimate of drug-likeness (QED) is 0.0704. The van der Waals surface area contributed by atoms with Crippen LogP contribution < -0.4 is 10.6 Å². The van der Waals surface area contributed by atoms with Gasteiger partial charge >= 0.3 is 0 Å². The van der Waals surface area contributed by atoms with Gasteiger partial charge in [0.2, 0.25) is 5.91 Å². The van der Waals surface area contributed by atoms with E-state index in [2.05, 4.69) is 24.5 Å². The zero-order chi connectivity index (χ0) is 30.4. The minimum Gasteiger partial charge on any atom is -0.356 e. The topological polar surface area (TPSA) is 41.1 Å². The molecule has 0 aromatic heterocycles. The molecule has 0 saturated carbocycles. The summed E-state index contributed by atoms with van der Waals surface area (Å²) in [6.07, 6.45) is 45.1. The van der Waals surface area contributed by atoms with Gasteiger partial charge < -0.3 is 10.6 Å². The van der Waals surface area contributed by atoms with Crippen molar-refractivity contribution in [1.82, 2.24) is 10.6 Å². The SMILES string of the molecule is CCCCCCCCCCCCCCCCCCNCCCNC(=O)CCCCCCCCCCCCCCCCC. The number of unbranched alkanes of at least 4 members (excludes halogenated alkanes) is 29. The molecule has 0 rings (SSSR count). The summed E-state index contributed by atoms with van der Waals surface area (Å²) in [7, 11) is 0. The Hall–Kier alpha value is -0.570. The van der Waals surface area contributed by atoms with Gasteiger partial charge in [0, 0.05) is 13.0 Å². The Labute approximate surface area is 266 Å². The fraction of sp³-hybridized carbons (Fsp3) is 0.974. The second-order valence-electron chi connectivity index (χ2n) is 13.5. The predicted molar refractivity (Wildman–Crippen MR) is 190 cm³/mol. The van der Waals surface area contributed by atoms with Crippen molar-refractivity contribution in [3.63, 3.8) is 0 Å². The number of rotatable bonds is 37. The summed E-state index contributed by atoms with van der Waals surface area (Å²) in [5.41, 5.74) is 0. The van der Waals surface area contributed by atoms with Crippen molar-refractivity contribution >= 4 is 5.91 Å². The molecule has 0 spiro atoms. The zero-order valence-corrected chi connectivity index (χ0v) is 29.4. The molecule has 0 saturated heterocycles. The van der Waals surface area contributed by atoms with Crippen LogP contribution in [-0.4, -0.2) is 25.5 Å². The lowest BCUT2D eigenvalue weighted by Gasteiger charge is -2.07. The van der Waals surface area contributed by atoms with Crippen LogP contribution in [0.3, 0.4) is 0 Å². The van der Waals surface area contributed by atoms with Crippen LogP contribution in [0.5, 0.6) is 0 Å². The molecule has 0 aromatic carbocycles. The maximum absolute atomic E-state index is 12.0. The van der Waals surface area contributed by atoms with Crippen molar-refractivity contribution in [2.45, 2.75) is 226 Å². The molecule has 0 atom stereocenters. The van der Waals surface area contributed by atoms with Gasteiger partial charge in [0.15, 0.2) is 0 Å². The molecule has 252 valence electrons. The van der Waals surface area contributed by atoms with Crippen LogP contribution in [-0.2, 0) is 4.79 Å². The molecular weight excluding hydrogens is 512 g/mol. The fourth-order valence-corrected chi connectivity index (χ4v) is 6.11. The van der Waals surface area contributed by atoms with E-state index in [4.69, 9.17) is 0 Å². The van der Waals surface area contributed by atoms with E-state index in [1.807, 2.05) is 0 Å². The summed E-state index contributed by atoms with van der Waals surface area (Å²) >= 11 is 0. The van der Waals surface area contributed by atoms with Crippen molar-refractivity contribution in [3.8, 4) is 0 Å². The molecular formula is C39H80N2O. The number of nitrogens with one attached hydrogen (secondary N) is 2. The first-order valence-electron chi connectivity index (χ1n) is 19.8. The van der Waals surface area contributed by atoms with Crippen LogP contribution in [0.25, 0.3) is 0 Å². The second-order valence-corrected chi connectivity index (χ2v) is 13.5. The summed E-state index contributed by atoms with van der Waals surface area (Å²) in [6.45, 7) is 7.57. The van der Waals surface area contributed by atoms with Crippen LogP contribution in [0, 0.1) is 0 Å². The molecule has 0 radical (unpaired) electrons. The Morgan fingerprint density at radius 1 is 0.333 bits per heavy atom. The van der Waals surface area contributed by atoms with Gasteiger partial charge in [-0.2, -0.15) is 0 Å². The molecule has 0 unspecified atom stereocenters. The molecule has 0 aliphatic rings. The molecule has 0 bridgehead atoms. The lowest BCUT2D eigenvalue weighted by molar-refractivity contribution is -0.121. The van der Waals surface area contributed by atoms with Crippen LogP contribution in [0.15, 0.2) is 0 Å². The normalized spacial score (nSPS) is 11.4. The van der Waals surface area contributed by atoms with E-state index in [9.17, 15) is 4.79 Å². The molecule has 3 nitrogen and oxygen atoms in total. The summed E-state index contributed by atoms with van der Waals surface area (Å²) < 4.78 is 0. The van der Waals surface area contributed by atoms with Gasteiger partial charge in [-0.1, -0.05) is 200 Å². The van der Waals surface area contributed by atoms with Gasteiger partial charge in [0.05, 0.1) is 0 Å². The van der Waals surface area contributed by atoms with E-state index in [0.717, 1.165) is 32.5 Å². The van der Waals surface area contributed by atoms with Crippen LogP contribution in [0.2, 0.25) is 0 Å². The molecule has 1 amide bonds. The van der Waals surface area contributed by atoms with Crippen molar-refractivity contribution in [2.24, 2.45) is 0 Å². The summed E-state index contributed by atoms with van der Waals surface area (Å²) in [5.74, 6) is 0.252. The van der Waals surface area contributed by atoms with Crippen molar-refractivity contribution < 1.29 is 4.79 Å². The Morgan fingerprint density at radius 2 is 0.619 bits per heavy atom. The highest BCUT2D eigenvalue weighted by atomic mass is 16.1. The minimum atomic E-state index is 0.252. The molecule has 0 aromatic rings. The van der Waals surface area contributed by atoms with Crippen LogP contribution >= 0.6 is 0 Å². The van der Waals surface area contributed by atoms with E-state index in [1.54, 1.807) is 0 Å². The molecule has 42 heavy (non-hydrogen) atoms. The number of hydrogen-bond acceptors (Lipinski definition) is 2. The molecule has 0 aliphatic carbocycles. The van der Waals surface area contributed by atoms with E-state index < -0.39 is 0 Å². The lowest BCUT2D eigenvalue weighted by atomic mass is 10.0. The molecule has 0 fully saturated rings. The number of carbonyl (C=O) groups excluding carboxylic acids is 1. The van der Waals surface area contributed by atoms with Crippen LogP contribution in [0.1, 0.15) is 226 Å². The summed E-state index contributed by atoms with van der Waals surface area (Å²) in [6, 6.07) is 0. The molecule has 0 aliphatic heterocycles. The minimum absolute atomic E-state index is 0.252. The molecule has 2 N–H and O–H groups in total. The second kappa shape index (κ2) is 38.5. The Kier molecular flexibility index (Phi) is 37.9. The van der Waals surface area contributed by atoms with Gasteiger partial charge in [0.25, 0.3) is 0 Å². The van der Waals surface area contributed by atoms with E-state index in [-0.39, 0.29) is 5.91 Å². The Morgan fingerprint density at radius 3 is 0.976 bits per heavy atom. The lowest BCUT2D eigenvalue weighted by Crippen LogP contribution is -2.27. The summed E-state index contributed by atoms with van der Waals surface area (Å²) in [4.78, 5) is 12.0. The third-order valence-corrected chi connectivity index (χ3v) is 9.07. The highest BCUT2D eigenvalue weighted by Gasteiger charge is 2.01. The highest BCUT2D eigenvalue weighted by Crippen LogP contribution is 2.15.